The van der Waals surface area contributed by atoms with Crippen molar-refractivity contribution in [2.45, 2.75) is 31.0 Å². The molecule has 0 aromatic carbocycles. The lowest BCUT2D eigenvalue weighted by atomic mass is 9.94. The summed E-state index contributed by atoms with van der Waals surface area (Å²) in [5.41, 5.74) is -5.00. The van der Waals surface area contributed by atoms with E-state index < -0.39 is 47.7 Å². The van der Waals surface area contributed by atoms with Gasteiger partial charge in [-0.25, -0.2) is 4.79 Å². The van der Waals surface area contributed by atoms with E-state index in [2.05, 4.69) is 11.8 Å². The molecule has 1 unspecified atom stereocenters. The van der Waals surface area contributed by atoms with Gasteiger partial charge in [-0.15, -0.1) is 5.92 Å². The summed E-state index contributed by atoms with van der Waals surface area (Å²) < 4.78 is 33.3. The molecule has 1 aliphatic heterocycles. The molecule has 1 aromatic rings. The maximum atomic E-state index is 13.4. The van der Waals surface area contributed by atoms with Crippen LogP contribution >= 0.6 is 0 Å². The molecule has 0 spiro atoms. The largest absolute Gasteiger partial charge is 0.394 e. The fourth-order valence-corrected chi connectivity index (χ4v) is 2.04. The maximum absolute atomic E-state index is 13.4. The molecule has 4 atom stereocenters. The molecule has 1 aromatic heterocycles. The second-order valence-corrected chi connectivity index (χ2v) is 4.33. The molecule has 0 amide bonds. The third kappa shape index (κ3) is 2.38. The number of aromatic amines is 1. The van der Waals surface area contributed by atoms with Crippen LogP contribution in [0, 0.1) is 17.7 Å². The summed E-state index contributed by atoms with van der Waals surface area (Å²) in [5.74, 6) is 3.06. The average molecular weight is 302 g/mol. The van der Waals surface area contributed by atoms with E-state index in [4.69, 9.17) is 7.48 Å². The highest BCUT2D eigenvalue weighted by Crippen LogP contribution is 2.37. The smallest absolute Gasteiger partial charge is 0.330 e. The summed E-state index contributed by atoms with van der Waals surface area (Å²) >= 11 is 0. The second kappa shape index (κ2) is 5.42. The Bertz CT molecular complexity index is 792. The number of H-pyrrole nitrogens is 1. The van der Waals surface area contributed by atoms with Crippen LogP contribution in [0.3, 0.4) is 0 Å². The van der Waals surface area contributed by atoms with Gasteiger partial charge in [0.25, 0.3) is 5.56 Å². The van der Waals surface area contributed by atoms with Crippen LogP contribution in [0.5, 0.6) is 0 Å². The van der Waals surface area contributed by atoms with Crippen LogP contribution in [-0.2, 0) is 4.74 Å². The standard InChI is InChI=1S/C12H13FN2O6/c1-2-3-12(20)8(17)7(5-16)21-10(12)15-4-6(13)9(18)14-11(15)19/h4,7-8,10,16-17,20H,5H2,1H3,(H,14,18,19)/t7-,8+,10-,12?/m1/s1/i5D2. The molecule has 0 saturated carbocycles. The van der Waals surface area contributed by atoms with Crippen LogP contribution in [0.2, 0.25) is 0 Å². The normalized spacial score (nSPS) is 33.9. The molecule has 1 fully saturated rings. The molecule has 2 rings (SSSR count). The molecule has 1 aliphatic rings. The minimum Gasteiger partial charge on any atom is -0.394 e. The molecule has 2 heterocycles. The van der Waals surface area contributed by atoms with Gasteiger partial charge in [0.15, 0.2) is 11.8 Å². The number of hydrogen-bond acceptors (Lipinski definition) is 6. The van der Waals surface area contributed by atoms with Crippen LogP contribution in [0.15, 0.2) is 15.8 Å². The van der Waals surface area contributed by atoms with Crippen molar-refractivity contribution in [3.05, 3.63) is 32.9 Å². The Hall–Kier alpha value is -1.99. The highest BCUT2D eigenvalue weighted by atomic mass is 19.1. The Morgan fingerprint density at radius 3 is 2.90 bits per heavy atom. The molecule has 0 aliphatic carbocycles. The second-order valence-electron chi connectivity index (χ2n) is 4.33. The van der Waals surface area contributed by atoms with E-state index in [1.807, 2.05) is 0 Å². The molecular formula is C12H13FN2O6. The van der Waals surface area contributed by atoms with E-state index in [1.165, 1.54) is 6.92 Å². The van der Waals surface area contributed by atoms with Crippen molar-refractivity contribution in [1.82, 2.24) is 9.55 Å². The van der Waals surface area contributed by atoms with Crippen LogP contribution in [0.1, 0.15) is 15.9 Å². The number of hydrogen-bond donors (Lipinski definition) is 4. The third-order valence-corrected chi connectivity index (χ3v) is 3.02. The molecule has 0 radical (unpaired) electrons. The van der Waals surface area contributed by atoms with E-state index in [-0.39, 0.29) is 0 Å². The lowest BCUT2D eigenvalue weighted by Crippen LogP contribution is -2.48. The van der Waals surface area contributed by atoms with Crippen molar-refractivity contribution in [1.29, 1.82) is 0 Å². The highest BCUT2D eigenvalue weighted by Gasteiger charge is 2.55. The molecule has 4 N–H and O–H groups in total. The molecule has 114 valence electrons. The first-order valence-electron chi connectivity index (χ1n) is 6.75. The van der Waals surface area contributed by atoms with Gasteiger partial charge in [-0.3, -0.25) is 14.3 Å². The Balaban J connectivity index is 2.64. The zero-order chi connectivity index (χ0) is 17.6. The van der Waals surface area contributed by atoms with Crippen molar-refractivity contribution >= 4 is 0 Å². The van der Waals surface area contributed by atoms with Crippen molar-refractivity contribution in [2.75, 3.05) is 6.56 Å². The molecule has 8 nitrogen and oxygen atoms in total. The molecule has 0 bridgehead atoms. The molecular weight excluding hydrogens is 287 g/mol. The van der Waals surface area contributed by atoms with Crippen molar-refractivity contribution in [3.8, 4) is 11.8 Å². The molecule has 1 saturated heterocycles. The Morgan fingerprint density at radius 1 is 1.67 bits per heavy atom. The van der Waals surface area contributed by atoms with Crippen molar-refractivity contribution < 1.29 is 27.2 Å². The van der Waals surface area contributed by atoms with Gasteiger partial charge in [-0.2, -0.15) is 4.39 Å². The van der Waals surface area contributed by atoms with Crippen molar-refractivity contribution in [2.24, 2.45) is 0 Å². The summed E-state index contributed by atoms with van der Waals surface area (Å²) in [6, 6.07) is 0. The third-order valence-electron chi connectivity index (χ3n) is 3.02. The quantitative estimate of drug-likeness (QED) is 0.455. The van der Waals surface area contributed by atoms with Gasteiger partial charge in [0.1, 0.15) is 12.2 Å². The van der Waals surface area contributed by atoms with Crippen LogP contribution in [0.25, 0.3) is 0 Å². The number of ether oxygens (including phenoxy) is 1. The number of aliphatic hydroxyl groups is 3. The Morgan fingerprint density at radius 2 is 2.33 bits per heavy atom. The Kier molecular flexibility index (Phi) is 3.28. The van der Waals surface area contributed by atoms with Gasteiger partial charge in [0.05, 0.1) is 15.5 Å². The maximum Gasteiger partial charge on any atom is 0.330 e. The first-order valence-corrected chi connectivity index (χ1v) is 5.75. The van der Waals surface area contributed by atoms with Gasteiger partial charge in [0, 0.05) is 0 Å². The van der Waals surface area contributed by atoms with Crippen molar-refractivity contribution in [3.63, 3.8) is 0 Å². The minimum atomic E-state index is -3.08. The summed E-state index contributed by atoms with van der Waals surface area (Å²) in [7, 11) is 0. The summed E-state index contributed by atoms with van der Waals surface area (Å²) in [6.45, 7) is -1.79. The zero-order valence-electron chi connectivity index (χ0n) is 12.7. The molecule has 21 heavy (non-hydrogen) atoms. The van der Waals surface area contributed by atoms with Gasteiger partial charge < -0.3 is 20.1 Å². The topological polar surface area (TPSA) is 125 Å². The van der Waals surface area contributed by atoms with Crippen LogP contribution in [0.4, 0.5) is 4.39 Å². The van der Waals surface area contributed by atoms with Gasteiger partial charge in [0.2, 0.25) is 5.82 Å². The predicted octanol–water partition coefficient (Wildman–Crippen LogP) is -2.32. The predicted molar refractivity (Wildman–Crippen MR) is 66.7 cm³/mol. The number of nitrogens with zero attached hydrogens (tertiary/aromatic N) is 1. The fraction of sp³-hybridized carbons (Fsp3) is 0.500. The number of rotatable bonds is 2. The number of nitrogens with one attached hydrogen (secondary N) is 1. The highest BCUT2D eigenvalue weighted by molar-refractivity contribution is 5.22. The summed E-state index contributed by atoms with van der Waals surface area (Å²) in [6.07, 6.45) is -5.46. The van der Waals surface area contributed by atoms with E-state index >= 15 is 0 Å². The van der Waals surface area contributed by atoms with Gasteiger partial charge in [-0.05, 0) is 6.92 Å². The number of aromatic nitrogens is 2. The lowest BCUT2D eigenvalue weighted by molar-refractivity contribution is -0.0769. The van der Waals surface area contributed by atoms with E-state index in [0.717, 1.165) is 0 Å². The Labute approximate surface area is 120 Å². The van der Waals surface area contributed by atoms with Gasteiger partial charge in [-0.1, -0.05) is 5.92 Å². The first-order chi connectivity index (χ1) is 10.5. The van der Waals surface area contributed by atoms with E-state index in [9.17, 15) is 29.3 Å². The zero-order valence-corrected chi connectivity index (χ0v) is 10.7. The summed E-state index contributed by atoms with van der Waals surface area (Å²) in [5, 5.41) is 29.9. The monoisotopic (exact) mass is 302 g/mol. The first kappa shape index (κ1) is 12.7. The lowest BCUT2D eigenvalue weighted by Gasteiger charge is -2.26. The average Bonchev–Trinajstić information content (AvgIpc) is 2.67. The molecule has 9 heteroatoms. The van der Waals surface area contributed by atoms with Crippen LogP contribution in [-0.4, -0.2) is 49.2 Å². The summed E-state index contributed by atoms with van der Waals surface area (Å²) in [4.78, 5) is 24.5. The number of aliphatic hydroxyl groups excluding tert-OH is 1. The number of halogens is 1. The van der Waals surface area contributed by atoms with Gasteiger partial charge >= 0.3 is 5.69 Å². The SMILES string of the molecule is [2H]C([2H])(O)[C@H]1O[C@@H](n2cc(F)c(=O)[nH]c2=O)C(O)(C#CC)[C@H]1O. The van der Waals surface area contributed by atoms with E-state index in [0.29, 0.717) is 10.8 Å². The van der Waals surface area contributed by atoms with Crippen LogP contribution < -0.4 is 11.2 Å². The van der Waals surface area contributed by atoms with E-state index in [1.54, 1.807) is 4.98 Å². The minimum absolute atomic E-state index is 0.413. The fourth-order valence-electron chi connectivity index (χ4n) is 2.04.